The molecule has 8 heteroatoms. The maximum Gasteiger partial charge on any atom is 0.422 e. The zero-order valence-corrected chi connectivity index (χ0v) is 21.9. The number of hydrogen-bond acceptors (Lipinski definition) is 2. The summed E-state index contributed by atoms with van der Waals surface area (Å²) in [5.74, 6) is -2.57. The van der Waals surface area contributed by atoms with Gasteiger partial charge in [-0.15, -0.1) is 0 Å². The highest BCUT2D eigenvalue weighted by Crippen LogP contribution is 2.42. The van der Waals surface area contributed by atoms with Crippen LogP contribution in [0.5, 0.6) is 0 Å². The van der Waals surface area contributed by atoms with E-state index in [-0.39, 0.29) is 11.1 Å². The summed E-state index contributed by atoms with van der Waals surface area (Å²) in [5.41, 5.74) is 0.0796. The maximum atomic E-state index is 14.9. The smallest absolute Gasteiger partial charge is 0.381 e. The molecule has 38 heavy (non-hydrogen) atoms. The van der Waals surface area contributed by atoms with Crippen LogP contribution in [0.4, 0.5) is 26.3 Å². The Bertz CT molecular complexity index is 1190. The van der Waals surface area contributed by atoms with Crippen molar-refractivity contribution in [2.45, 2.75) is 50.5 Å². The van der Waals surface area contributed by atoms with Crippen molar-refractivity contribution in [2.24, 2.45) is 5.92 Å². The van der Waals surface area contributed by atoms with Crippen LogP contribution in [0.3, 0.4) is 0 Å². The van der Waals surface area contributed by atoms with E-state index in [4.69, 9.17) is 4.74 Å². The monoisotopic (exact) mass is 552 g/mol. The molecule has 3 aromatic carbocycles. The maximum absolute atomic E-state index is 14.9. The summed E-state index contributed by atoms with van der Waals surface area (Å²) in [5, 5.41) is 0.407. The SMILES string of the molecule is CCCCOCCC1CCC(c2ccc(-c3ccc(-c4cc(F)c(C(F)(F)F)c(F)c4)c(F)c3)cc2)SC1. The summed E-state index contributed by atoms with van der Waals surface area (Å²) in [7, 11) is 0. The molecule has 1 saturated heterocycles. The summed E-state index contributed by atoms with van der Waals surface area (Å²) in [6.07, 6.45) is 0.414. The molecule has 1 heterocycles. The molecule has 204 valence electrons. The predicted molar refractivity (Wildman–Crippen MR) is 140 cm³/mol. The second kappa shape index (κ2) is 12.6. The van der Waals surface area contributed by atoms with Crippen LogP contribution in [0, 0.1) is 23.4 Å². The van der Waals surface area contributed by atoms with Gasteiger partial charge in [0.15, 0.2) is 0 Å². The molecular formula is C30H30F6OS. The molecule has 1 nitrogen and oxygen atoms in total. The molecule has 1 aliphatic rings. The molecule has 0 N–H and O–H groups in total. The van der Waals surface area contributed by atoms with Gasteiger partial charge in [0.2, 0.25) is 0 Å². The summed E-state index contributed by atoms with van der Waals surface area (Å²) in [4.78, 5) is 0. The second-order valence-electron chi connectivity index (χ2n) is 9.65. The van der Waals surface area contributed by atoms with E-state index in [1.807, 2.05) is 36.0 Å². The average Bonchev–Trinajstić information content (AvgIpc) is 2.88. The standard InChI is InChI=1S/C30H30F6OS/c1-2-3-13-37-14-12-19-4-11-28(38-18-19)21-7-5-20(6-8-21)22-9-10-24(25(31)15-22)23-16-26(32)29(27(33)17-23)30(34,35)36/h5-10,15-17,19,28H,2-4,11-14,18H2,1H3. The van der Waals surface area contributed by atoms with E-state index in [9.17, 15) is 26.3 Å². The van der Waals surface area contributed by atoms with Gasteiger partial charge in [0.25, 0.3) is 0 Å². The molecule has 0 aromatic heterocycles. The second-order valence-corrected chi connectivity index (χ2v) is 10.9. The first kappa shape index (κ1) is 28.6. The topological polar surface area (TPSA) is 9.23 Å². The molecule has 3 aromatic rings. The fourth-order valence-electron chi connectivity index (χ4n) is 4.71. The normalized spacial score (nSPS) is 18.1. The zero-order valence-electron chi connectivity index (χ0n) is 21.1. The minimum atomic E-state index is -5.18. The van der Waals surface area contributed by atoms with Crippen molar-refractivity contribution in [1.82, 2.24) is 0 Å². The Kier molecular flexibility index (Phi) is 9.47. The number of ether oxygens (including phenoxy) is 1. The van der Waals surface area contributed by atoms with Gasteiger partial charge in [0, 0.05) is 24.0 Å². The van der Waals surface area contributed by atoms with Gasteiger partial charge >= 0.3 is 6.18 Å². The quantitative estimate of drug-likeness (QED) is 0.193. The molecule has 1 fully saturated rings. The third-order valence-corrected chi connectivity index (χ3v) is 8.48. The Labute approximate surface area is 223 Å². The Morgan fingerprint density at radius 2 is 1.47 bits per heavy atom. The van der Waals surface area contributed by atoms with Gasteiger partial charge in [-0.1, -0.05) is 49.7 Å². The summed E-state index contributed by atoms with van der Waals surface area (Å²) in [6, 6.07) is 13.0. The zero-order chi connectivity index (χ0) is 27.3. The van der Waals surface area contributed by atoms with Gasteiger partial charge < -0.3 is 4.74 Å². The highest BCUT2D eigenvalue weighted by molar-refractivity contribution is 7.99. The van der Waals surface area contributed by atoms with Crippen molar-refractivity contribution in [3.63, 3.8) is 0 Å². The van der Waals surface area contributed by atoms with Crippen LogP contribution in [0.15, 0.2) is 54.6 Å². The molecule has 0 radical (unpaired) electrons. The number of hydrogen-bond donors (Lipinski definition) is 0. The van der Waals surface area contributed by atoms with Gasteiger partial charge in [0.05, 0.1) is 0 Å². The lowest BCUT2D eigenvalue weighted by molar-refractivity contribution is -0.142. The van der Waals surface area contributed by atoms with Crippen molar-refractivity contribution in [3.8, 4) is 22.3 Å². The molecule has 4 rings (SSSR count). The first-order valence-electron chi connectivity index (χ1n) is 12.8. The van der Waals surface area contributed by atoms with Crippen molar-refractivity contribution in [3.05, 3.63) is 83.2 Å². The number of alkyl halides is 3. The average molecular weight is 553 g/mol. The molecular weight excluding hydrogens is 522 g/mol. The van der Waals surface area contributed by atoms with Crippen LogP contribution in [-0.4, -0.2) is 19.0 Å². The number of unbranched alkanes of at least 4 members (excludes halogenated alkanes) is 1. The Hall–Kier alpha value is -2.45. The number of benzene rings is 3. The Morgan fingerprint density at radius 1 is 0.816 bits per heavy atom. The van der Waals surface area contributed by atoms with Crippen LogP contribution >= 0.6 is 11.8 Å². The molecule has 0 bridgehead atoms. The molecule has 0 amide bonds. The van der Waals surface area contributed by atoms with Gasteiger partial charge in [-0.3, -0.25) is 0 Å². The molecule has 2 atom stereocenters. The highest BCUT2D eigenvalue weighted by atomic mass is 32.2. The van der Waals surface area contributed by atoms with Gasteiger partial charge in [0.1, 0.15) is 23.0 Å². The van der Waals surface area contributed by atoms with E-state index in [1.165, 1.54) is 17.7 Å². The van der Waals surface area contributed by atoms with Crippen LogP contribution in [-0.2, 0) is 10.9 Å². The van der Waals surface area contributed by atoms with Crippen molar-refractivity contribution in [2.75, 3.05) is 19.0 Å². The number of thioether (sulfide) groups is 1. The molecule has 0 saturated carbocycles. The first-order valence-corrected chi connectivity index (χ1v) is 13.9. The third kappa shape index (κ3) is 6.94. The third-order valence-electron chi connectivity index (χ3n) is 6.90. The summed E-state index contributed by atoms with van der Waals surface area (Å²) in [6.45, 7) is 3.81. The molecule has 0 spiro atoms. The van der Waals surface area contributed by atoms with Gasteiger partial charge in [-0.25, -0.2) is 13.2 Å². The largest absolute Gasteiger partial charge is 0.422 e. The molecule has 0 aliphatic carbocycles. The van der Waals surface area contributed by atoms with E-state index in [1.54, 1.807) is 6.07 Å². The van der Waals surface area contributed by atoms with E-state index in [0.717, 1.165) is 56.6 Å². The van der Waals surface area contributed by atoms with Gasteiger partial charge in [-0.2, -0.15) is 24.9 Å². The van der Waals surface area contributed by atoms with Crippen LogP contribution < -0.4 is 0 Å². The predicted octanol–water partition coefficient (Wildman–Crippen LogP) is 9.85. The van der Waals surface area contributed by atoms with E-state index in [2.05, 4.69) is 6.92 Å². The van der Waals surface area contributed by atoms with E-state index < -0.39 is 29.2 Å². The van der Waals surface area contributed by atoms with Crippen molar-refractivity contribution < 1.29 is 31.1 Å². The van der Waals surface area contributed by atoms with E-state index in [0.29, 0.717) is 28.9 Å². The van der Waals surface area contributed by atoms with Crippen LogP contribution in [0.25, 0.3) is 22.3 Å². The van der Waals surface area contributed by atoms with Crippen molar-refractivity contribution >= 4 is 11.8 Å². The minimum absolute atomic E-state index is 0.180. The van der Waals surface area contributed by atoms with Gasteiger partial charge in [-0.05, 0) is 77.8 Å². The lowest BCUT2D eigenvalue weighted by Crippen LogP contribution is -2.15. The molecule has 1 aliphatic heterocycles. The molecule has 2 unspecified atom stereocenters. The fourth-order valence-corrected chi connectivity index (χ4v) is 6.20. The lowest BCUT2D eigenvalue weighted by Gasteiger charge is -2.28. The minimum Gasteiger partial charge on any atom is -0.381 e. The van der Waals surface area contributed by atoms with E-state index >= 15 is 0 Å². The number of halogens is 6. The summed E-state index contributed by atoms with van der Waals surface area (Å²) >= 11 is 1.95. The first-order chi connectivity index (χ1) is 18.2. The van der Waals surface area contributed by atoms with Crippen LogP contribution in [0.1, 0.15) is 55.4 Å². The van der Waals surface area contributed by atoms with Crippen LogP contribution in [0.2, 0.25) is 0 Å². The number of rotatable bonds is 9. The Morgan fingerprint density at radius 3 is 2.05 bits per heavy atom. The fraction of sp³-hybridized carbons (Fsp3) is 0.400. The Balaban J connectivity index is 1.39. The highest BCUT2D eigenvalue weighted by Gasteiger charge is 2.38. The van der Waals surface area contributed by atoms with Crippen molar-refractivity contribution in [1.29, 1.82) is 0 Å². The lowest BCUT2D eigenvalue weighted by atomic mass is 9.95. The summed E-state index contributed by atoms with van der Waals surface area (Å²) < 4.78 is 87.1.